The van der Waals surface area contributed by atoms with Crippen molar-refractivity contribution in [2.24, 2.45) is 0 Å². The highest BCUT2D eigenvalue weighted by molar-refractivity contribution is 6.02. The number of hydrogen-bond donors (Lipinski definition) is 5. The molecule has 210 valence electrons. The van der Waals surface area contributed by atoms with Crippen molar-refractivity contribution < 1.29 is 43.5 Å². The number of carbonyl (C=O) groups excluding carboxylic acids is 1. The molecule has 0 saturated heterocycles. The maximum Gasteiger partial charge on any atom is 0.586 e. The average molecular weight is 547 g/mol. The molecule has 3 atom stereocenters. The topological polar surface area (TPSA) is 133 Å². The van der Waals surface area contributed by atoms with Gasteiger partial charge in [-0.05, 0) is 54.8 Å². The molecular formula is C28H32F2N2O7. The summed E-state index contributed by atoms with van der Waals surface area (Å²) in [6.45, 7) is 5.31. The Labute approximate surface area is 223 Å². The van der Waals surface area contributed by atoms with E-state index in [1.165, 1.54) is 12.1 Å². The Morgan fingerprint density at radius 2 is 1.72 bits per heavy atom. The summed E-state index contributed by atoms with van der Waals surface area (Å²) >= 11 is 0. The molecule has 1 aliphatic carbocycles. The van der Waals surface area contributed by atoms with Crippen LogP contribution in [0.3, 0.4) is 0 Å². The fraction of sp³-hybridized carbons (Fsp3) is 0.464. The highest BCUT2D eigenvalue weighted by Gasteiger charge is 2.52. The Morgan fingerprint density at radius 3 is 2.36 bits per heavy atom. The van der Waals surface area contributed by atoms with Crippen LogP contribution in [-0.4, -0.2) is 62.1 Å². The number of aliphatic hydroxyl groups excluding tert-OH is 4. The van der Waals surface area contributed by atoms with Gasteiger partial charge in [-0.2, -0.15) is 0 Å². The van der Waals surface area contributed by atoms with Crippen molar-refractivity contribution >= 4 is 22.5 Å². The minimum absolute atomic E-state index is 0.0215. The number of hydrogen-bond acceptors (Lipinski definition) is 7. The van der Waals surface area contributed by atoms with Gasteiger partial charge in [-0.3, -0.25) is 4.79 Å². The van der Waals surface area contributed by atoms with E-state index < -0.39 is 36.6 Å². The number of benzene rings is 2. The third kappa shape index (κ3) is 5.07. The van der Waals surface area contributed by atoms with Gasteiger partial charge in [0.25, 0.3) is 0 Å². The van der Waals surface area contributed by atoms with Gasteiger partial charge in [0.05, 0.1) is 18.6 Å². The molecule has 1 aliphatic heterocycles. The van der Waals surface area contributed by atoms with E-state index in [1.54, 1.807) is 24.3 Å². The van der Waals surface area contributed by atoms with Gasteiger partial charge in [0.1, 0.15) is 18.3 Å². The van der Waals surface area contributed by atoms with Crippen molar-refractivity contribution in [2.75, 3.05) is 11.9 Å². The van der Waals surface area contributed by atoms with E-state index in [-0.39, 0.29) is 29.4 Å². The monoisotopic (exact) mass is 546 g/mol. The largest absolute Gasteiger partial charge is 0.586 e. The van der Waals surface area contributed by atoms with E-state index in [2.05, 4.69) is 14.8 Å². The fourth-order valence-corrected chi connectivity index (χ4v) is 5.10. The molecule has 1 unspecified atom stereocenters. The zero-order valence-corrected chi connectivity index (χ0v) is 21.8. The molecular weight excluding hydrogens is 514 g/mol. The predicted octanol–water partition coefficient (Wildman–Crippen LogP) is 3.01. The molecule has 39 heavy (non-hydrogen) atoms. The Morgan fingerprint density at radius 1 is 1.03 bits per heavy atom. The number of fused-ring (bicyclic) bond motifs is 2. The number of amides is 1. The molecule has 1 fully saturated rings. The number of aliphatic hydroxyl groups is 4. The molecule has 2 aromatic carbocycles. The number of aromatic nitrogens is 1. The summed E-state index contributed by atoms with van der Waals surface area (Å²) in [5.41, 5.74) is 1.53. The van der Waals surface area contributed by atoms with Crippen LogP contribution in [0.25, 0.3) is 10.9 Å². The molecule has 2 heterocycles. The van der Waals surface area contributed by atoms with Crippen LogP contribution in [0, 0.1) is 0 Å². The summed E-state index contributed by atoms with van der Waals surface area (Å²) in [5.74, 6) is -0.444. The van der Waals surface area contributed by atoms with Gasteiger partial charge >= 0.3 is 6.29 Å². The van der Waals surface area contributed by atoms with Crippen LogP contribution >= 0.6 is 0 Å². The summed E-state index contributed by atoms with van der Waals surface area (Å²) in [5, 5.41) is 43.3. The highest BCUT2D eigenvalue weighted by atomic mass is 19.3. The Hall–Kier alpha value is -3.25. The van der Waals surface area contributed by atoms with Crippen LogP contribution in [0.4, 0.5) is 14.5 Å². The number of ether oxygens (including phenoxy) is 2. The molecule has 9 nitrogen and oxygen atoms in total. The van der Waals surface area contributed by atoms with Gasteiger partial charge in [0.2, 0.25) is 5.91 Å². The lowest BCUT2D eigenvalue weighted by Crippen LogP contribution is -2.42. The first-order valence-electron chi connectivity index (χ1n) is 12.7. The second-order valence-corrected chi connectivity index (χ2v) is 11.3. The van der Waals surface area contributed by atoms with Crippen molar-refractivity contribution in [1.82, 2.24) is 4.57 Å². The molecule has 0 bridgehead atoms. The molecule has 5 N–H and O–H groups in total. The molecule has 0 spiro atoms. The highest BCUT2D eigenvalue weighted by Crippen LogP contribution is 2.52. The van der Waals surface area contributed by atoms with Crippen LogP contribution in [0.15, 0.2) is 42.5 Å². The second kappa shape index (κ2) is 9.44. The van der Waals surface area contributed by atoms with Gasteiger partial charge in [0.15, 0.2) is 11.5 Å². The van der Waals surface area contributed by atoms with Gasteiger partial charge in [-0.1, -0.05) is 26.8 Å². The molecule has 0 radical (unpaired) electrons. The van der Waals surface area contributed by atoms with Crippen molar-refractivity contribution in [1.29, 1.82) is 0 Å². The van der Waals surface area contributed by atoms with Crippen LogP contribution in [0.1, 0.15) is 44.9 Å². The van der Waals surface area contributed by atoms with Crippen LogP contribution < -0.4 is 14.8 Å². The molecule has 5 rings (SSSR count). The zero-order valence-electron chi connectivity index (χ0n) is 21.8. The van der Waals surface area contributed by atoms with E-state index in [0.29, 0.717) is 24.1 Å². The Bertz CT molecular complexity index is 1410. The minimum Gasteiger partial charge on any atom is -0.395 e. The molecule has 2 aliphatic rings. The normalized spacial score (nSPS) is 19.5. The van der Waals surface area contributed by atoms with Crippen molar-refractivity contribution in [2.45, 2.75) is 75.6 Å². The van der Waals surface area contributed by atoms with Crippen LogP contribution in [0.5, 0.6) is 11.5 Å². The minimum atomic E-state index is -3.73. The summed E-state index contributed by atoms with van der Waals surface area (Å²) in [7, 11) is 0. The van der Waals surface area contributed by atoms with Crippen molar-refractivity contribution in [3.63, 3.8) is 0 Å². The van der Waals surface area contributed by atoms with Crippen LogP contribution in [0.2, 0.25) is 0 Å². The van der Waals surface area contributed by atoms with Gasteiger partial charge in [-0.25, -0.2) is 0 Å². The number of nitrogens with zero attached hydrogens (tertiary/aromatic N) is 1. The van der Waals surface area contributed by atoms with Crippen LogP contribution in [-0.2, 0) is 22.2 Å². The third-order valence-electron chi connectivity index (χ3n) is 7.41. The van der Waals surface area contributed by atoms with Gasteiger partial charge in [0, 0.05) is 27.7 Å². The lowest BCUT2D eigenvalue weighted by Gasteiger charge is -2.27. The van der Waals surface area contributed by atoms with E-state index in [4.69, 9.17) is 5.11 Å². The maximum absolute atomic E-state index is 13.4. The molecule has 11 heteroatoms. The summed E-state index contributed by atoms with van der Waals surface area (Å²) in [6, 6.07) is 11.7. The van der Waals surface area contributed by atoms with E-state index >= 15 is 0 Å². The Kier molecular flexibility index (Phi) is 6.61. The lowest BCUT2D eigenvalue weighted by atomic mass is 9.92. The maximum atomic E-state index is 13.4. The first-order valence-corrected chi connectivity index (χ1v) is 12.7. The van der Waals surface area contributed by atoms with Crippen molar-refractivity contribution in [3.05, 3.63) is 53.7 Å². The fourth-order valence-electron chi connectivity index (χ4n) is 5.10. The average Bonchev–Trinajstić information content (AvgIpc) is 3.51. The number of nitrogens with one attached hydrogen (secondary N) is 1. The smallest absolute Gasteiger partial charge is 0.395 e. The third-order valence-corrected chi connectivity index (χ3v) is 7.41. The number of anilines is 1. The quantitative estimate of drug-likeness (QED) is 0.293. The van der Waals surface area contributed by atoms with Gasteiger partial charge < -0.3 is 39.8 Å². The van der Waals surface area contributed by atoms with E-state index in [1.807, 2.05) is 31.4 Å². The standard InChI is InChI=1S/C28H32F2N2O7/c1-26(2,3)23-11-15-10-17(5-6-18(15)32(23)13-19(34)24(36)20(35)14-33)31-25(37)27(8-9-27)16-4-7-21-22(12-16)39-28(29,30)38-21/h4-7,10-12,19-20,24,33-36H,8-9,13-14H2,1-3H3,(H,31,37)/t19-,20+,24?/m1/s1. The summed E-state index contributed by atoms with van der Waals surface area (Å²) < 4.78 is 37.8. The Balaban J connectivity index is 1.40. The lowest BCUT2D eigenvalue weighted by molar-refractivity contribution is -0.286. The molecule has 1 amide bonds. The molecule has 3 aromatic rings. The number of rotatable bonds is 8. The van der Waals surface area contributed by atoms with Gasteiger partial charge in [-0.15, -0.1) is 8.78 Å². The first kappa shape index (κ1) is 27.3. The number of halogens is 2. The number of alkyl halides is 2. The summed E-state index contributed by atoms with van der Waals surface area (Å²) in [6.07, 6.45) is -6.96. The molecule has 1 aromatic heterocycles. The SMILES string of the molecule is CC(C)(C)c1cc2cc(NC(=O)C3(c4ccc5c(c4)OC(F)(F)O5)CC3)ccc2n1C[C@@H](O)C(O)[C@@H](O)CO. The number of carbonyl (C=O) groups is 1. The predicted molar refractivity (Wildman–Crippen MR) is 138 cm³/mol. The van der Waals surface area contributed by atoms with E-state index in [0.717, 1.165) is 16.6 Å². The second-order valence-electron chi connectivity index (χ2n) is 11.3. The van der Waals surface area contributed by atoms with E-state index in [9.17, 15) is 28.9 Å². The van der Waals surface area contributed by atoms with Crippen molar-refractivity contribution in [3.8, 4) is 11.5 Å². The first-order chi connectivity index (χ1) is 18.2. The zero-order chi connectivity index (χ0) is 28.3. The molecule has 1 saturated carbocycles. The summed E-state index contributed by atoms with van der Waals surface area (Å²) in [4.78, 5) is 13.4.